The predicted molar refractivity (Wildman–Crippen MR) is 94.5 cm³/mol. The summed E-state index contributed by atoms with van der Waals surface area (Å²) in [5.74, 6) is -2.80. The highest BCUT2D eigenvalue weighted by Gasteiger charge is 2.19. The molecule has 0 bridgehead atoms. The lowest BCUT2D eigenvalue weighted by Gasteiger charge is -2.15. The fourth-order valence-electron chi connectivity index (χ4n) is 2.56. The first kappa shape index (κ1) is 19.4. The molecule has 0 saturated heterocycles. The van der Waals surface area contributed by atoms with E-state index < -0.39 is 22.8 Å². The minimum absolute atomic E-state index is 0.0860. The van der Waals surface area contributed by atoms with Crippen LogP contribution in [0, 0.1) is 10.1 Å². The third-order valence-corrected chi connectivity index (χ3v) is 4.18. The molecule has 1 atom stereocenters. The Balaban J connectivity index is 2.60. The molecule has 0 aliphatic heterocycles. The molecule has 0 radical (unpaired) electrons. The van der Waals surface area contributed by atoms with E-state index in [0.717, 1.165) is 6.07 Å². The number of aliphatic carboxylic acids is 1. The van der Waals surface area contributed by atoms with E-state index in [4.69, 9.17) is 22.4 Å². The van der Waals surface area contributed by atoms with E-state index in [1.54, 1.807) is 12.1 Å². The van der Waals surface area contributed by atoms with Gasteiger partial charge in [-0.3, -0.25) is 14.9 Å². The summed E-state index contributed by atoms with van der Waals surface area (Å²) in [7, 11) is 0. The highest BCUT2D eigenvalue weighted by molar-refractivity contribution is 6.33. The van der Waals surface area contributed by atoms with Crippen LogP contribution in [0.15, 0.2) is 36.4 Å². The van der Waals surface area contributed by atoms with Crippen molar-refractivity contribution in [3.8, 4) is 11.1 Å². The highest BCUT2D eigenvalue weighted by atomic mass is 35.5. The maximum absolute atomic E-state index is 11.2. The fourth-order valence-corrected chi connectivity index (χ4v) is 2.79. The maximum atomic E-state index is 11.2. The fraction of sp³-hybridized carbons (Fsp3) is 0.176. The van der Waals surface area contributed by atoms with Crippen LogP contribution in [0.3, 0.4) is 0 Å². The van der Waals surface area contributed by atoms with E-state index in [9.17, 15) is 24.8 Å². The molecule has 136 valence electrons. The number of non-ortho nitro benzene ring substituents is 1. The first-order valence-corrected chi connectivity index (χ1v) is 7.85. The molecule has 2 aromatic rings. The highest BCUT2D eigenvalue weighted by Crippen LogP contribution is 2.34. The molecular weight excluding hydrogens is 364 g/mol. The molecule has 0 aromatic heterocycles. The third-order valence-electron chi connectivity index (χ3n) is 3.85. The van der Waals surface area contributed by atoms with Gasteiger partial charge in [0.25, 0.3) is 5.69 Å². The van der Waals surface area contributed by atoms with E-state index in [2.05, 4.69) is 0 Å². The summed E-state index contributed by atoms with van der Waals surface area (Å²) in [5, 5.41) is 29.5. The van der Waals surface area contributed by atoms with Gasteiger partial charge in [0.05, 0.1) is 16.9 Å². The quantitative estimate of drug-likeness (QED) is 0.495. The van der Waals surface area contributed by atoms with Crippen LogP contribution in [0.25, 0.3) is 11.1 Å². The average Bonchev–Trinajstić information content (AvgIpc) is 2.59. The van der Waals surface area contributed by atoms with Crippen molar-refractivity contribution in [2.45, 2.75) is 12.3 Å². The normalized spacial score (nSPS) is 11.8. The lowest BCUT2D eigenvalue weighted by Crippen LogP contribution is -2.16. The Labute approximate surface area is 153 Å². The molecule has 0 saturated carbocycles. The second-order valence-electron chi connectivity index (χ2n) is 5.60. The number of nitro groups is 1. The molecule has 0 amide bonds. The van der Waals surface area contributed by atoms with Gasteiger partial charge in [-0.25, -0.2) is 4.79 Å². The van der Waals surface area contributed by atoms with Crippen molar-refractivity contribution in [2.24, 2.45) is 5.73 Å². The van der Waals surface area contributed by atoms with Crippen LogP contribution < -0.4 is 5.73 Å². The number of halogens is 1. The summed E-state index contributed by atoms with van der Waals surface area (Å²) in [6.45, 7) is 0.0860. The number of carbonyl (C=O) groups is 2. The molecule has 0 aliphatic carbocycles. The van der Waals surface area contributed by atoms with Crippen LogP contribution >= 0.6 is 11.6 Å². The summed E-state index contributed by atoms with van der Waals surface area (Å²) < 4.78 is 0. The summed E-state index contributed by atoms with van der Waals surface area (Å²) >= 11 is 6.18. The molecule has 0 aliphatic rings. The van der Waals surface area contributed by atoms with E-state index in [1.807, 2.05) is 0 Å². The van der Waals surface area contributed by atoms with Gasteiger partial charge in [-0.15, -0.1) is 0 Å². The van der Waals surface area contributed by atoms with Crippen molar-refractivity contribution in [2.75, 3.05) is 6.54 Å². The molecule has 0 fully saturated rings. The van der Waals surface area contributed by atoms with Crippen LogP contribution in [-0.2, 0) is 4.79 Å². The van der Waals surface area contributed by atoms with Crippen molar-refractivity contribution in [3.05, 3.63) is 62.7 Å². The molecule has 2 aromatic carbocycles. The topological polar surface area (TPSA) is 144 Å². The summed E-state index contributed by atoms with van der Waals surface area (Å²) in [6.07, 6.45) is -0.188. The van der Waals surface area contributed by atoms with Crippen molar-refractivity contribution in [3.63, 3.8) is 0 Å². The first-order chi connectivity index (χ1) is 12.2. The number of carboxylic acids is 2. The van der Waals surface area contributed by atoms with Crippen molar-refractivity contribution < 1.29 is 24.7 Å². The number of benzene rings is 2. The van der Waals surface area contributed by atoms with Crippen LogP contribution in [0.1, 0.15) is 28.3 Å². The largest absolute Gasteiger partial charge is 0.481 e. The van der Waals surface area contributed by atoms with Crippen LogP contribution in [0.5, 0.6) is 0 Å². The van der Waals surface area contributed by atoms with Gasteiger partial charge in [-0.1, -0.05) is 17.7 Å². The van der Waals surface area contributed by atoms with Crippen LogP contribution in [0.2, 0.25) is 5.02 Å². The lowest BCUT2D eigenvalue weighted by molar-refractivity contribution is -0.384. The Morgan fingerprint density at radius 3 is 2.42 bits per heavy atom. The van der Waals surface area contributed by atoms with E-state index in [-0.39, 0.29) is 34.8 Å². The van der Waals surface area contributed by atoms with Crippen LogP contribution in [-0.4, -0.2) is 33.6 Å². The number of rotatable bonds is 7. The van der Waals surface area contributed by atoms with Gasteiger partial charge in [-0.2, -0.15) is 0 Å². The summed E-state index contributed by atoms with van der Waals surface area (Å²) in [4.78, 5) is 32.6. The molecule has 0 unspecified atom stereocenters. The van der Waals surface area contributed by atoms with E-state index in [1.165, 1.54) is 18.2 Å². The number of nitro benzene ring substituents is 1. The molecule has 26 heavy (non-hydrogen) atoms. The Hall–Kier alpha value is -2.97. The van der Waals surface area contributed by atoms with Gasteiger partial charge in [0, 0.05) is 28.6 Å². The SMILES string of the molecule is NC[C@H](CC(=O)O)c1ccc(Cl)c(-c2cc(C(=O)O)cc([N+](=O)[O-])c2)c1. The van der Waals surface area contributed by atoms with Crippen molar-refractivity contribution >= 4 is 29.2 Å². The number of nitrogens with two attached hydrogens (primary N) is 1. The number of hydrogen-bond acceptors (Lipinski definition) is 5. The molecule has 4 N–H and O–H groups in total. The van der Waals surface area contributed by atoms with Gasteiger partial charge in [-0.05, 0) is 35.9 Å². The van der Waals surface area contributed by atoms with Gasteiger partial charge in [0.2, 0.25) is 0 Å². The van der Waals surface area contributed by atoms with E-state index in [0.29, 0.717) is 11.1 Å². The molecule has 0 heterocycles. The first-order valence-electron chi connectivity index (χ1n) is 7.47. The molecule has 8 nitrogen and oxygen atoms in total. The maximum Gasteiger partial charge on any atom is 0.335 e. The average molecular weight is 379 g/mol. The smallest absolute Gasteiger partial charge is 0.335 e. The molecule has 9 heteroatoms. The van der Waals surface area contributed by atoms with Crippen molar-refractivity contribution in [1.29, 1.82) is 0 Å². The third kappa shape index (κ3) is 4.35. The monoisotopic (exact) mass is 378 g/mol. The second-order valence-corrected chi connectivity index (χ2v) is 6.01. The van der Waals surface area contributed by atoms with Gasteiger partial charge < -0.3 is 15.9 Å². The Morgan fingerprint density at radius 1 is 1.19 bits per heavy atom. The zero-order valence-corrected chi connectivity index (χ0v) is 14.1. The van der Waals surface area contributed by atoms with Crippen molar-refractivity contribution in [1.82, 2.24) is 0 Å². The summed E-state index contributed by atoms with van der Waals surface area (Å²) in [6, 6.07) is 8.17. The molecular formula is C17H15ClN2O6. The molecule has 0 spiro atoms. The minimum Gasteiger partial charge on any atom is -0.481 e. The van der Waals surface area contributed by atoms with E-state index >= 15 is 0 Å². The Kier molecular flexibility index (Phi) is 5.91. The number of carboxylic acid groups (broad SMARTS) is 2. The predicted octanol–water partition coefficient (Wildman–Crippen LogP) is 3.13. The second kappa shape index (κ2) is 7.94. The molecule has 2 rings (SSSR count). The number of hydrogen-bond donors (Lipinski definition) is 3. The van der Waals surface area contributed by atoms with Crippen LogP contribution in [0.4, 0.5) is 5.69 Å². The minimum atomic E-state index is -1.31. The van der Waals surface area contributed by atoms with Gasteiger partial charge in [0.15, 0.2) is 0 Å². The van der Waals surface area contributed by atoms with Gasteiger partial charge >= 0.3 is 11.9 Å². The number of aromatic carboxylic acids is 1. The standard InChI is InChI=1S/C17H15ClN2O6/c18-15-2-1-9(12(8-19)7-16(21)22)6-14(15)10-3-11(17(23)24)5-13(4-10)20(25)26/h1-6,12H,7-8,19H2,(H,21,22)(H,23,24)/t12-/m0/s1. The summed E-state index contributed by atoms with van der Waals surface area (Å²) in [5.41, 5.74) is 6.20. The zero-order chi connectivity index (χ0) is 19.4. The Bertz CT molecular complexity index is 851. The Morgan fingerprint density at radius 2 is 1.88 bits per heavy atom. The van der Waals surface area contributed by atoms with Gasteiger partial charge in [0.1, 0.15) is 0 Å². The number of nitrogens with zero attached hydrogens (tertiary/aromatic N) is 1. The lowest BCUT2D eigenvalue weighted by atomic mass is 9.92. The zero-order valence-electron chi connectivity index (χ0n) is 13.4.